The molecule has 11 heteroatoms. The Morgan fingerprint density at radius 3 is 2.83 bits per heavy atom. The average molecular weight is 365 g/mol. The largest absolute Gasteiger partial charge is 0.477 e. The molecule has 2 aliphatic heterocycles. The monoisotopic (exact) mass is 364 g/mol. The fraction of sp³-hybridized carbons (Fsp3) is 0.500. The SMILES string of the molecule is O=C(CS/C=C\Cl)N[C@H]1CON(C2(C(=O)O)CCC(=O)O2)C1=O. The Morgan fingerprint density at radius 2 is 2.26 bits per heavy atom. The standard InChI is InChI=1S/C12H13ClN2O7S/c13-3-4-23-6-8(16)14-7-5-21-15(10(7)18)12(11(19)20)2-1-9(17)22-12/h3-4,7H,1-2,5-6H2,(H,14,16)(H,19,20)/b4-3-/t7-,12?/m0/s1. The van der Waals surface area contributed by atoms with E-state index in [-0.39, 0.29) is 25.2 Å². The lowest BCUT2D eigenvalue weighted by Gasteiger charge is -2.30. The number of hydrogen-bond donors (Lipinski definition) is 2. The van der Waals surface area contributed by atoms with E-state index in [9.17, 15) is 24.3 Å². The lowest BCUT2D eigenvalue weighted by molar-refractivity contribution is -0.256. The maximum Gasteiger partial charge on any atom is 0.372 e. The van der Waals surface area contributed by atoms with Gasteiger partial charge in [-0.25, -0.2) is 4.79 Å². The predicted molar refractivity (Wildman–Crippen MR) is 77.9 cm³/mol. The van der Waals surface area contributed by atoms with E-state index in [4.69, 9.17) is 21.2 Å². The van der Waals surface area contributed by atoms with Crippen LogP contribution in [-0.4, -0.2) is 58.0 Å². The summed E-state index contributed by atoms with van der Waals surface area (Å²) in [5.41, 5.74) is -0.932. The minimum Gasteiger partial charge on any atom is -0.477 e. The summed E-state index contributed by atoms with van der Waals surface area (Å²) >= 11 is 6.44. The molecule has 1 unspecified atom stereocenters. The fourth-order valence-corrected chi connectivity index (χ4v) is 2.77. The van der Waals surface area contributed by atoms with Crippen molar-refractivity contribution in [1.29, 1.82) is 0 Å². The molecule has 2 fully saturated rings. The molecule has 2 N–H and O–H groups in total. The molecule has 2 heterocycles. The van der Waals surface area contributed by atoms with Crippen LogP contribution in [0.3, 0.4) is 0 Å². The molecule has 9 nitrogen and oxygen atoms in total. The molecular formula is C12H13ClN2O7S. The zero-order valence-electron chi connectivity index (χ0n) is 11.7. The van der Waals surface area contributed by atoms with Gasteiger partial charge in [0.1, 0.15) is 12.6 Å². The van der Waals surface area contributed by atoms with Gasteiger partial charge in [0.15, 0.2) is 0 Å². The van der Waals surface area contributed by atoms with E-state index in [1.165, 1.54) is 10.9 Å². The first-order valence-corrected chi connectivity index (χ1v) is 7.97. The highest BCUT2D eigenvalue weighted by Crippen LogP contribution is 2.33. The van der Waals surface area contributed by atoms with Gasteiger partial charge in [0, 0.05) is 12.0 Å². The lowest BCUT2D eigenvalue weighted by atomic mass is 10.1. The van der Waals surface area contributed by atoms with Gasteiger partial charge in [0.05, 0.1) is 12.2 Å². The topological polar surface area (TPSA) is 122 Å². The van der Waals surface area contributed by atoms with Crippen molar-refractivity contribution < 1.29 is 33.9 Å². The van der Waals surface area contributed by atoms with Crippen molar-refractivity contribution in [3.8, 4) is 0 Å². The van der Waals surface area contributed by atoms with Gasteiger partial charge in [-0.1, -0.05) is 11.6 Å². The van der Waals surface area contributed by atoms with Crippen LogP contribution >= 0.6 is 23.4 Å². The number of nitrogens with zero attached hydrogens (tertiary/aromatic N) is 1. The van der Waals surface area contributed by atoms with Crippen LogP contribution in [0.15, 0.2) is 10.9 Å². The third-order valence-corrected chi connectivity index (χ3v) is 4.21. The number of carboxylic acid groups (broad SMARTS) is 1. The lowest BCUT2D eigenvalue weighted by Crippen LogP contribution is -2.56. The summed E-state index contributed by atoms with van der Waals surface area (Å²) in [5.74, 6) is -3.44. The Hall–Kier alpha value is -1.78. The summed E-state index contributed by atoms with van der Waals surface area (Å²) < 4.78 is 4.80. The van der Waals surface area contributed by atoms with E-state index in [1.807, 2.05) is 0 Å². The number of amides is 2. The first kappa shape index (κ1) is 17.6. The number of carbonyl (C=O) groups excluding carboxylic acids is 3. The molecule has 2 saturated heterocycles. The zero-order chi connectivity index (χ0) is 17.0. The molecule has 2 aliphatic rings. The van der Waals surface area contributed by atoms with Crippen molar-refractivity contribution in [2.45, 2.75) is 24.6 Å². The van der Waals surface area contributed by atoms with Gasteiger partial charge in [-0.3, -0.25) is 19.2 Å². The smallest absolute Gasteiger partial charge is 0.372 e. The number of cyclic esters (lactones) is 1. The predicted octanol–water partition coefficient (Wildman–Crippen LogP) is -0.194. The molecule has 0 saturated carbocycles. The molecule has 0 radical (unpaired) electrons. The van der Waals surface area contributed by atoms with Gasteiger partial charge >= 0.3 is 17.7 Å². The fourth-order valence-electron chi connectivity index (χ4n) is 2.15. The Labute approximate surface area is 139 Å². The van der Waals surface area contributed by atoms with Crippen LogP contribution in [0.25, 0.3) is 0 Å². The van der Waals surface area contributed by atoms with Crippen LogP contribution < -0.4 is 5.32 Å². The minimum absolute atomic E-state index is 0.0338. The molecule has 0 bridgehead atoms. The molecule has 0 aliphatic carbocycles. The second-order valence-corrected chi connectivity index (χ2v) is 5.83. The van der Waals surface area contributed by atoms with E-state index >= 15 is 0 Å². The van der Waals surface area contributed by atoms with Gasteiger partial charge < -0.3 is 15.2 Å². The molecule has 23 heavy (non-hydrogen) atoms. The molecule has 0 spiro atoms. The minimum atomic E-state index is -2.18. The summed E-state index contributed by atoms with van der Waals surface area (Å²) in [6, 6.07) is -1.04. The van der Waals surface area contributed by atoms with E-state index < -0.39 is 35.5 Å². The number of halogens is 1. The second kappa shape index (κ2) is 7.20. The van der Waals surface area contributed by atoms with E-state index in [2.05, 4.69) is 5.32 Å². The summed E-state index contributed by atoms with van der Waals surface area (Å²) in [4.78, 5) is 51.7. The van der Waals surface area contributed by atoms with Gasteiger partial charge in [0.2, 0.25) is 5.91 Å². The molecule has 2 rings (SSSR count). The van der Waals surface area contributed by atoms with Gasteiger partial charge in [-0.05, 0) is 5.41 Å². The number of carbonyl (C=O) groups is 4. The summed E-state index contributed by atoms with van der Waals surface area (Å²) in [7, 11) is 0. The number of ether oxygens (including phenoxy) is 1. The number of hydroxylamine groups is 2. The molecular weight excluding hydrogens is 352 g/mol. The van der Waals surface area contributed by atoms with Crippen LogP contribution in [0.4, 0.5) is 0 Å². The van der Waals surface area contributed by atoms with E-state index in [1.54, 1.807) is 0 Å². The molecule has 2 atom stereocenters. The van der Waals surface area contributed by atoms with Crippen LogP contribution in [-0.2, 0) is 28.8 Å². The molecule has 2 amide bonds. The summed E-state index contributed by atoms with van der Waals surface area (Å²) in [6.45, 7) is -0.243. The van der Waals surface area contributed by atoms with Crippen LogP contribution in [0.2, 0.25) is 0 Å². The first-order valence-electron chi connectivity index (χ1n) is 6.49. The van der Waals surface area contributed by atoms with Crippen LogP contribution in [0, 0.1) is 0 Å². The Morgan fingerprint density at radius 1 is 1.52 bits per heavy atom. The normalized spacial score (nSPS) is 27.5. The van der Waals surface area contributed by atoms with Crippen molar-refractivity contribution in [1.82, 2.24) is 10.4 Å². The van der Waals surface area contributed by atoms with Crippen molar-refractivity contribution in [3.05, 3.63) is 10.9 Å². The van der Waals surface area contributed by atoms with Crippen LogP contribution in [0.1, 0.15) is 12.8 Å². The second-order valence-electron chi connectivity index (χ2n) is 4.69. The highest BCUT2D eigenvalue weighted by atomic mass is 35.5. The maximum absolute atomic E-state index is 12.3. The average Bonchev–Trinajstić information content (AvgIpc) is 3.05. The van der Waals surface area contributed by atoms with Crippen LogP contribution in [0.5, 0.6) is 0 Å². The third-order valence-electron chi connectivity index (χ3n) is 3.18. The molecule has 126 valence electrons. The van der Waals surface area contributed by atoms with Gasteiger partial charge in [0.25, 0.3) is 5.91 Å². The number of rotatable bonds is 6. The molecule has 0 aromatic carbocycles. The van der Waals surface area contributed by atoms with Crippen molar-refractivity contribution in [2.75, 3.05) is 12.4 Å². The number of thioether (sulfide) groups is 1. The maximum atomic E-state index is 12.3. The number of esters is 1. The Kier molecular flexibility index (Phi) is 5.50. The Bertz CT molecular complexity index is 570. The van der Waals surface area contributed by atoms with Crippen molar-refractivity contribution >= 4 is 47.1 Å². The van der Waals surface area contributed by atoms with Crippen molar-refractivity contribution in [2.24, 2.45) is 0 Å². The quantitative estimate of drug-likeness (QED) is 0.622. The Balaban J connectivity index is 2.02. The summed E-state index contributed by atoms with van der Waals surface area (Å²) in [6.07, 6.45) is -0.359. The molecule has 0 aromatic heterocycles. The number of hydrogen-bond acceptors (Lipinski definition) is 7. The highest BCUT2D eigenvalue weighted by Gasteiger charge is 2.59. The third kappa shape index (κ3) is 3.59. The first-order chi connectivity index (χ1) is 10.9. The highest BCUT2D eigenvalue weighted by molar-refractivity contribution is 8.02. The summed E-state index contributed by atoms with van der Waals surface area (Å²) in [5, 5.41) is 13.8. The number of nitrogens with one attached hydrogen (secondary N) is 1. The van der Waals surface area contributed by atoms with E-state index in [0.29, 0.717) is 5.06 Å². The van der Waals surface area contributed by atoms with Gasteiger partial charge in [-0.15, -0.1) is 11.8 Å². The zero-order valence-corrected chi connectivity index (χ0v) is 13.3. The van der Waals surface area contributed by atoms with Crippen molar-refractivity contribution in [3.63, 3.8) is 0 Å². The molecule has 0 aromatic rings. The van der Waals surface area contributed by atoms with Gasteiger partial charge in [-0.2, -0.15) is 5.06 Å². The number of carboxylic acids is 1. The van der Waals surface area contributed by atoms with E-state index in [0.717, 1.165) is 11.8 Å². The number of aliphatic carboxylic acids is 1.